The number of hydrogen-bond donors (Lipinski definition) is 4. The zero-order chi connectivity index (χ0) is 14.9. The van der Waals surface area contributed by atoms with Crippen LogP contribution in [0.25, 0.3) is 5.65 Å². The summed E-state index contributed by atoms with van der Waals surface area (Å²) in [4.78, 5) is 8.79. The van der Waals surface area contributed by atoms with Crippen molar-refractivity contribution in [1.82, 2.24) is 14.4 Å². The molecular weight excluding hydrogens is 268 g/mol. The van der Waals surface area contributed by atoms with Crippen molar-refractivity contribution in [1.29, 1.82) is 0 Å². The fourth-order valence-electron chi connectivity index (χ4n) is 3.29. The number of hydrogen-bond acceptors (Lipinski definition) is 6. The Balaban J connectivity index is 1.97. The van der Waals surface area contributed by atoms with Crippen molar-refractivity contribution >= 4 is 17.3 Å². The molecule has 5 N–H and O–H groups in total. The van der Waals surface area contributed by atoms with Gasteiger partial charge in [-0.25, -0.2) is 15.8 Å². The van der Waals surface area contributed by atoms with Crippen LogP contribution in [0.5, 0.6) is 0 Å². The lowest BCUT2D eigenvalue weighted by Crippen LogP contribution is -2.46. The molecule has 2 aromatic heterocycles. The number of anilines is 2. The van der Waals surface area contributed by atoms with Crippen LogP contribution in [0, 0.1) is 5.92 Å². The van der Waals surface area contributed by atoms with E-state index in [-0.39, 0.29) is 12.1 Å². The highest BCUT2D eigenvalue weighted by molar-refractivity contribution is 5.66. The Morgan fingerprint density at radius 2 is 2.43 bits per heavy atom. The molecule has 1 fully saturated rings. The Morgan fingerprint density at radius 3 is 3.14 bits per heavy atom. The Bertz CT molecular complexity index is 627. The maximum absolute atomic E-state index is 9.91. The first kappa shape index (κ1) is 14.1. The normalized spacial score (nSPS) is 26.0. The van der Waals surface area contributed by atoms with Crippen LogP contribution < -0.4 is 16.6 Å². The number of rotatable bonds is 4. The van der Waals surface area contributed by atoms with Crippen LogP contribution in [0.15, 0.2) is 18.6 Å². The van der Waals surface area contributed by atoms with Crippen LogP contribution in [-0.4, -0.2) is 31.6 Å². The molecule has 0 aliphatic heterocycles. The lowest BCUT2D eigenvalue weighted by molar-refractivity contribution is 0.149. The number of hydrazine groups is 1. The molecule has 0 aromatic carbocycles. The predicted molar refractivity (Wildman–Crippen MR) is 81.9 cm³/mol. The fraction of sp³-hybridized carbons (Fsp3) is 0.571. The van der Waals surface area contributed by atoms with E-state index in [2.05, 4.69) is 27.6 Å². The molecule has 21 heavy (non-hydrogen) atoms. The number of fused-ring (bicyclic) bond motifs is 1. The Morgan fingerprint density at radius 1 is 1.57 bits per heavy atom. The molecule has 1 aliphatic carbocycles. The number of nitrogens with one attached hydrogen (secondary N) is 2. The minimum absolute atomic E-state index is 0.0895. The third-order valence-corrected chi connectivity index (χ3v) is 4.30. The number of imidazole rings is 1. The molecule has 0 saturated heterocycles. The van der Waals surface area contributed by atoms with Crippen molar-refractivity contribution in [3.05, 3.63) is 18.6 Å². The minimum Gasteiger partial charge on any atom is -0.394 e. The number of nitrogens with zero attached hydrogens (tertiary/aromatic N) is 3. The van der Waals surface area contributed by atoms with Gasteiger partial charge in [-0.15, -0.1) is 0 Å². The molecule has 7 heteroatoms. The van der Waals surface area contributed by atoms with Gasteiger partial charge in [-0.05, 0) is 18.8 Å². The maximum Gasteiger partial charge on any atom is 0.180 e. The quantitative estimate of drug-likeness (QED) is 0.501. The van der Waals surface area contributed by atoms with Crippen LogP contribution in [0.1, 0.15) is 32.6 Å². The Hall–Kier alpha value is -1.86. The highest BCUT2D eigenvalue weighted by Crippen LogP contribution is 2.35. The van der Waals surface area contributed by atoms with E-state index in [0.29, 0.717) is 17.6 Å². The molecular formula is C14H22N6O. The minimum atomic E-state index is -0.329. The molecule has 0 spiro atoms. The molecule has 1 aliphatic rings. The van der Waals surface area contributed by atoms with Crippen molar-refractivity contribution in [3.8, 4) is 0 Å². The number of aliphatic hydroxyl groups is 1. The highest BCUT2D eigenvalue weighted by atomic mass is 16.3. The largest absolute Gasteiger partial charge is 0.394 e. The zero-order valence-corrected chi connectivity index (χ0v) is 12.2. The van der Waals surface area contributed by atoms with E-state index in [4.69, 9.17) is 5.84 Å². The van der Waals surface area contributed by atoms with E-state index in [1.807, 2.05) is 10.6 Å². The molecule has 7 nitrogen and oxygen atoms in total. The van der Waals surface area contributed by atoms with Gasteiger partial charge in [0.1, 0.15) is 0 Å². The molecule has 1 saturated carbocycles. The summed E-state index contributed by atoms with van der Waals surface area (Å²) in [6.07, 6.45) is 9.52. The predicted octanol–water partition coefficient (Wildman–Crippen LogP) is 1.37. The van der Waals surface area contributed by atoms with Gasteiger partial charge in [0, 0.05) is 12.4 Å². The van der Waals surface area contributed by atoms with Crippen molar-refractivity contribution < 1.29 is 5.11 Å². The van der Waals surface area contributed by atoms with Gasteiger partial charge in [0.05, 0.1) is 18.3 Å². The van der Waals surface area contributed by atoms with E-state index >= 15 is 0 Å². The molecule has 2 aromatic rings. The maximum atomic E-state index is 9.91. The van der Waals surface area contributed by atoms with Crippen LogP contribution in [-0.2, 0) is 0 Å². The van der Waals surface area contributed by atoms with Crippen molar-refractivity contribution in [2.75, 3.05) is 17.3 Å². The molecule has 2 atom stereocenters. The molecule has 0 bridgehead atoms. The summed E-state index contributed by atoms with van der Waals surface area (Å²) in [5.41, 5.74) is 2.97. The molecule has 3 rings (SSSR count). The van der Waals surface area contributed by atoms with Crippen LogP contribution >= 0.6 is 0 Å². The van der Waals surface area contributed by atoms with Gasteiger partial charge in [0.25, 0.3) is 0 Å². The highest BCUT2D eigenvalue weighted by Gasteiger charge is 2.35. The first-order valence-corrected chi connectivity index (χ1v) is 7.35. The Labute approximate surface area is 123 Å². The third kappa shape index (κ3) is 2.66. The topological polar surface area (TPSA) is 100 Å². The summed E-state index contributed by atoms with van der Waals surface area (Å²) < 4.78 is 1.86. The first-order valence-electron chi connectivity index (χ1n) is 7.35. The summed E-state index contributed by atoms with van der Waals surface area (Å²) in [7, 11) is 0. The summed E-state index contributed by atoms with van der Waals surface area (Å²) in [6, 6.07) is 0. The van der Waals surface area contributed by atoms with Gasteiger partial charge in [-0.3, -0.25) is 0 Å². The van der Waals surface area contributed by atoms with E-state index in [9.17, 15) is 5.11 Å². The SMILES string of the molecule is CC1CCCC(CO)(Nc2nc(NN)cn3ccnc23)C1. The Kier molecular flexibility index (Phi) is 3.69. The van der Waals surface area contributed by atoms with E-state index in [1.54, 1.807) is 12.4 Å². The second-order valence-corrected chi connectivity index (χ2v) is 6.04. The van der Waals surface area contributed by atoms with Gasteiger partial charge >= 0.3 is 0 Å². The molecule has 0 amide bonds. The number of aromatic nitrogens is 3. The molecule has 0 radical (unpaired) electrons. The second kappa shape index (κ2) is 5.50. The van der Waals surface area contributed by atoms with Crippen molar-refractivity contribution in [3.63, 3.8) is 0 Å². The van der Waals surface area contributed by atoms with Crippen LogP contribution in [0.2, 0.25) is 0 Å². The number of nitrogens with two attached hydrogens (primary N) is 1. The fourth-order valence-corrected chi connectivity index (χ4v) is 3.29. The van der Waals surface area contributed by atoms with Crippen LogP contribution in [0.4, 0.5) is 11.6 Å². The first-order chi connectivity index (χ1) is 10.2. The summed E-state index contributed by atoms with van der Waals surface area (Å²) in [5.74, 6) is 7.27. The zero-order valence-electron chi connectivity index (χ0n) is 12.2. The average Bonchev–Trinajstić information content (AvgIpc) is 2.95. The lowest BCUT2D eigenvalue weighted by atomic mass is 9.77. The summed E-state index contributed by atoms with van der Waals surface area (Å²) >= 11 is 0. The van der Waals surface area contributed by atoms with E-state index < -0.39 is 0 Å². The summed E-state index contributed by atoms with van der Waals surface area (Å²) in [5, 5.41) is 13.4. The van der Waals surface area contributed by atoms with Gasteiger partial charge in [-0.2, -0.15) is 0 Å². The molecule has 114 valence electrons. The van der Waals surface area contributed by atoms with Crippen LogP contribution in [0.3, 0.4) is 0 Å². The number of nitrogen functional groups attached to an aromatic ring is 1. The lowest BCUT2D eigenvalue weighted by Gasteiger charge is -2.39. The standard InChI is InChI=1S/C14H22N6O/c1-10-3-2-4-14(7-10,9-21)18-12-13-16-5-6-20(13)8-11(17-12)19-15/h5-6,8,10,19,21H,2-4,7,9,15H2,1H3,(H,17,18). The second-order valence-electron chi connectivity index (χ2n) is 6.04. The average molecular weight is 290 g/mol. The number of aliphatic hydroxyl groups excluding tert-OH is 1. The molecule has 2 heterocycles. The molecule has 2 unspecified atom stereocenters. The van der Waals surface area contributed by atoms with Gasteiger partial charge in [-0.1, -0.05) is 19.8 Å². The third-order valence-electron chi connectivity index (χ3n) is 4.30. The van der Waals surface area contributed by atoms with Crippen molar-refractivity contribution in [2.24, 2.45) is 11.8 Å². The monoisotopic (exact) mass is 290 g/mol. The van der Waals surface area contributed by atoms with Gasteiger partial charge in [0.15, 0.2) is 17.3 Å². The summed E-state index contributed by atoms with van der Waals surface area (Å²) in [6.45, 7) is 2.31. The van der Waals surface area contributed by atoms with Crippen molar-refractivity contribution in [2.45, 2.75) is 38.1 Å². The van der Waals surface area contributed by atoms with E-state index in [1.165, 1.54) is 6.42 Å². The van der Waals surface area contributed by atoms with E-state index in [0.717, 1.165) is 24.9 Å². The van der Waals surface area contributed by atoms with Gasteiger partial charge < -0.3 is 20.2 Å². The smallest absolute Gasteiger partial charge is 0.180 e. The van der Waals surface area contributed by atoms with Gasteiger partial charge in [0.2, 0.25) is 0 Å².